The van der Waals surface area contributed by atoms with Crippen LogP contribution in [0.2, 0.25) is 0 Å². The Morgan fingerprint density at radius 2 is 1.91 bits per heavy atom. The van der Waals surface area contributed by atoms with Gasteiger partial charge in [0.2, 0.25) is 0 Å². The van der Waals surface area contributed by atoms with Crippen molar-refractivity contribution in [3.05, 3.63) is 29.8 Å². The van der Waals surface area contributed by atoms with Gasteiger partial charge >= 0.3 is 6.36 Å². The molecule has 0 saturated carbocycles. The van der Waals surface area contributed by atoms with E-state index in [1.54, 1.807) is 12.1 Å². The molecule has 22 heavy (non-hydrogen) atoms. The molecule has 124 valence electrons. The molecule has 1 saturated heterocycles. The summed E-state index contributed by atoms with van der Waals surface area (Å²) < 4.78 is 39.8. The highest BCUT2D eigenvalue weighted by Crippen LogP contribution is 2.23. The van der Waals surface area contributed by atoms with Crippen LogP contribution in [0.4, 0.5) is 13.2 Å². The Labute approximate surface area is 127 Å². The largest absolute Gasteiger partial charge is 0.573 e. The highest BCUT2D eigenvalue weighted by Gasteiger charge is 2.30. The Balaban J connectivity index is 0.000000541. The number of hydrogen-bond donors (Lipinski definition) is 2. The zero-order chi connectivity index (χ0) is 16.6. The molecule has 2 N–H and O–H groups in total. The summed E-state index contributed by atoms with van der Waals surface area (Å²) in [7, 11) is 0. The molecule has 1 heterocycles. The first-order valence-corrected chi connectivity index (χ1v) is 7.04. The standard InChI is InChI=1S/C13H16F3NO.C2H4O2/c14-13(15,16)18-12-6-4-10(5-7-12)9-11-3-1-2-8-17-11;1-2(3)4/h4-7,11,17H,1-3,8-9H2;1H3,(H,3,4). The van der Waals surface area contributed by atoms with Gasteiger partial charge in [-0.1, -0.05) is 18.6 Å². The predicted molar refractivity (Wildman–Crippen MR) is 75.8 cm³/mol. The third-order valence-corrected chi connectivity index (χ3v) is 3.05. The molecule has 0 spiro atoms. The number of nitrogens with one attached hydrogen (secondary N) is 1. The van der Waals surface area contributed by atoms with Crippen LogP contribution in [0.15, 0.2) is 24.3 Å². The minimum atomic E-state index is -4.62. The van der Waals surface area contributed by atoms with Crippen LogP contribution in [0.5, 0.6) is 5.75 Å². The first-order valence-electron chi connectivity index (χ1n) is 7.04. The fourth-order valence-electron chi connectivity index (χ4n) is 2.21. The summed E-state index contributed by atoms with van der Waals surface area (Å²) in [5.41, 5.74) is 1.03. The lowest BCUT2D eigenvalue weighted by atomic mass is 9.98. The highest BCUT2D eigenvalue weighted by atomic mass is 19.4. The molecule has 1 aromatic carbocycles. The van der Waals surface area contributed by atoms with Gasteiger partial charge in [0.1, 0.15) is 5.75 Å². The second-order valence-electron chi connectivity index (χ2n) is 5.06. The molecule has 4 nitrogen and oxygen atoms in total. The number of carbonyl (C=O) groups is 1. The molecular weight excluding hydrogens is 299 g/mol. The molecule has 0 radical (unpaired) electrons. The smallest absolute Gasteiger partial charge is 0.481 e. The summed E-state index contributed by atoms with van der Waals surface area (Å²) in [6.45, 7) is 2.11. The minimum absolute atomic E-state index is 0.164. The van der Waals surface area contributed by atoms with Gasteiger partial charge in [-0.3, -0.25) is 4.79 Å². The van der Waals surface area contributed by atoms with E-state index in [4.69, 9.17) is 9.90 Å². The van der Waals surface area contributed by atoms with E-state index in [-0.39, 0.29) is 5.75 Å². The molecule has 7 heteroatoms. The van der Waals surface area contributed by atoms with E-state index in [1.165, 1.54) is 25.0 Å². The van der Waals surface area contributed by atoms with Crippen LogP contribution in [0.3, 0.4) is 0 Å². The van der Waals surface area contributed by atoms with Crippen LogP contribution in [0.25, 0.3) is 0 Å². The SMILES string of the molecule is CC(=O)O.FC(F)(F)Oc1ccc(CC2CCCCN2)cc1. The average molecular weight is 319 g/mol. The van der Waals surface area contributed by atoms with Gasteiger partial charge < -0.3 is 15.2 Å². The highest BCUT2D eigenvalue weighted by molar-refractivity contribution is 5.62. The van der Waals surface area contributed by atoms with Gasteiger partial charge in [-0.05, 0) is 43.5 Å². The first-order chi connectivity index (χ1) is 10.3. The summed E-state index contributed by atoms with van der Waals surface area (Å²) in [6.07, 6.45) is -0.221. The van der Waals surface area contributed by atoms with Gasteiger partial charge in [0, 0.05) is 13.0 Å². The van der Waals surface area contributed by atoms with Crippen LogP contribution in [-0.2, 0) is 11.2 Å². The van der Waals surface area contributed by atoms with Gasteiger partial charge in [-0.15, -0.1) is 13.2 Å². The number of benzene rings is 1. The van der Waals surface area contributed by atoms with Crippen molar-refractivity contribution in [2.45, 2.75) is 45.0 Å². The number of rotatable bonds is 3. The Morgan fingerprint density at radius 1 is 1.32 bits per heavy atom. The average Bonchev–Trinajstić information content (AvgIpc) is 2.40. The molecule has 1 aliphatic heterocycles. The van der Waals surface area contributed by atoms with Crippen LogP contribution in [-0.4, -0.2) is 30.0 Å². The van der Waals surface area contributed by atoms with Crippen LogP contribution in [0.1, 0.15) is 31.7 Å². The van der Waals surface area contributed by atoms with Crippen molar-refractivity contribution >= 4 is 5.97 Å². The van der Waals surface area contributed by atoms with E-state index in [0.717, 1.165) is 31.9 Å². The van der Waals surface area contributed by atoms with Crippen molar-refractivity contribution in [3.8, 4) is 5.75 Å². The van der Waals surface area contributed by atoms with Crippen molar-refractivity contribution in [1.82, 2.24) is 5.32 Å². The molecule has 0 amide bonds. The summed E-state index contributed by atoms with van der Waals surface area (Å²) in [5.74, 6) is -0.997. The first kappa shape index (κ1) is 18.3. The lowest BCUT2D eigenvalue weighted by Gasteiger charge is -2.23. The van der Waals surface area contributed by atoms with Crippen LogP contribution >= 0.6 is 0 Å². The van der Waals surface area contributed by atoms with Gasteiger partial charge in [0.05, 0.1) is 0 Å². The van der Waals surface area contributed by atoms with Gasteiger partial charge in [0.25, 0.3) is 5.97 Å². The Hall–Kier alpha value is -1.76. The maximum Gasteiger partial charge on any atom is 0.573 e. The zero-order valence-corrected chi connectivity index (χ0v) is 12.3. The van der Waals surface area contributed by atoms with Gasteiger partial charge in [-0.2, -0.15) is 0 Å². The Bertz CT molecular complexity index is 450. The maximum atomic E-state index is 12.0. The molecule has 2 rings (SSSR count). The third kappa shape index (κ3) is 8.51. The van der Waals surface area contributed by atoms with Crippen LogP contribution in [0, 0.1) is 0 Å². The predicted octanol–water partition coefficient (Wildman–Crippen LogP) is 3.36. The van der Waals surface area contributed by atoms with Crippen LogP contribution < -0.4 is 10.1 Å². The van der Waals surface area contributed by atoms with Gasteiger partial charge in [0.15, 0.2) is 0 Å². The third-order valence-electron chi connectivity index (χ3n) is 3.05. The normalized spacial score (nSPS) is 18.1. The van der Waals surface area contributed by atoms with Gasteiger partial charge in [-0.25, -0.2) is 0 Å². The summed E-state index contributed by atoms with van der Waals surface area (Å²) in [5, 5.41) is 10.8. The zero-order valence-electron chi connectivity index (χ0n) is 12.3. The molecule has 1 aliphatic rings. The summed E-state index contributed by atoms with van der Waals surface area (Å²) in [6, 6.07) is 6.56. The number of aliphatic carboxylic acids is 1. The fraction of sp³-hybridized carbons (Fsp3) is 0.533. The molecule has 0 aliphatic carbocycles. The number of carboxylic acid groups (broad SMARTS) is 1. The van der Waals surface area contributed by atoms with Crippen molar-refractivity contribution in [1.29, 1.82) is 0 Å². The lowest BCUT2D eigenvalue weighted by Crippen LogP contribution is -2.35. The second kappa shape index (κ2) is 8.63. The number of alkyl halides is 3. The van der Waals surface area contributed by atoms with Crippen molar-refractivity contribution in [2.75, 3.05) is 6.54 Å². The van der Waals surface area contributed by atoms with E-state index < -0.39 is 12.3 Å². The lowest BCUT2D eigenvalue weighted by molar-refractivity contribution is -0.274. The van der Waals surface area contributed by atoms with Crippen molar-refractivity contribution in [2.24, 2.45) is 0 Å². The van der Waals surface area contributed by atoms with E-state index in [2.05, 4.69) is 10.1 Å². The molecule has 0 aromatic heterocycles. The minimum Gasteiger partial charge on any atom is -0.481 e. The monoisotopic (exact) mass is 319 g/mol. The topological polar surface area (TPSA) is 58.6 Å². The molecule has 0 bridgehead atoms. The second-order valence-corrected chi connectivity index (χ2v) is 5.06. The van der Waals surface area contributed by atoms with E-state index >= 15 is 0 Å². The quantitative estimate of drug-likeness (QED) is 0.897. The number of hydrogen-bond acceptors (Lipinski definition) is 3. The fourth-order valence-corrected chi connectivity index (χ4v) is 2.21. The Kier molecular flexibility index (Phi) is 7.17. The van der Waals surface area contributed by atoms with Crippen molar-refractivity contribution < 1.29 is 27.8 Å². The molecular formula is C15H20F3NO3. The number of piperidine rings is 1. The summed E-state index contributed by atoms with van der Waals surface area (Å²) in [4.78, 5) is 9.00. The molecule has 1 unspecified atom stereocenters. The van der Waals surface area contributed by atoms with E-state index in [9.17, 15) is 13.2 Å². The summed E-state index contributed by atoms with van der Waals surface area (Å²) >= 11 is 0. The number of ether oxygens (including phenoxy) is 1. The van der Waals surface area contributed by atoms with E-state index in [1.807, 2.05) is 0 Å². The molecule has 1 atom stereocenters. The Morgan fingerprint density at radius 3 is 2.36 bits per heavy atom. The van der Waals surface area contributed by atoms with E-state index in [0.29, 0.717) is 6.04 Å². The number of carboxylic acids is 1. The van der Waals surface area contributed by atoms with Crippen molar-refractivity contribution in [3.63, 3.8) is 0 Å². The molecule has 1 aromatic rings. The maximum absolute atomic E-state index is 12.0. The number of halogens is 3. The molecule has 1 fully saturated rings.